The van der Waals surface area contributed by atoms with Crippen LogP contribution in [0, 0.1) is 5.82 Å². The second kappa shape index (κ2) is 6.10. The third-order valence-electron chi connectivity index (χ3n) is 3.70. The van der Waals surface area contributed by atoms with E-state index in [1.165, 1.54) is 30.5 Å². The molecule has 1 aliphatic rings. The fraction of sp³-hybridized carbons (Fsp3) is 0.375. The zero-order chi connectivity index (χ0) is 14.8. The van der Waals surface area contributed by atoms with Gasteiger partial charge in [-0.2, -0.15) is 0 Å². The molecule has 110 valence electrons. The predicted octanol–water partition coefficient (Wildman–Crippen LogP) is 4.36. The largest absolute Gasteiger partial charge is 0.370 e. The van der Waals surface area contributed by atoms with E-state index in [-0.39, 0.29) is 5.82 Å². The van der Waals surface area contributed by atoms with Crippen molar-refractivity contribution in [1.29, 1.82) is 0 Å². The monoisotopic (exact) mass is 349 g/mol. The van der Waals surface area contributed by atoms with Crippen molar-refractivity contribution in [3.8, 4) is 11.4 Å². The molecule has 0 radical (unpaired) electrons. The Morgan fingerprint density at radius 1 is 1.24 bits per heavy atom. The van der Waals surface area contributed by atoms with Crippen molar-refractivity contribution in [1.82, 2.24) is 9.97 Å². The number of benzene rings is 1. The van der Waals surface area contributed by atoms with Crippen molar-refractivity contribution >= 4 is 21.7 Å². The first-order chi connectivity index (χ1) is 10.2. The molecule has 0 saturated heterocycles. The minimum Gasteiger partial charge on any atom is -0.370 e. The zero-order valence-electron chi connectivity index (χ0n) is 11.9. The number of aryl methyl sites for hydroxylation is 1. The number of fused-ring (bicyclic) bond motifs is 1. The zero-order valence-corrected chi connectivity index (χ0v) is 13.5. The number of nitrogens with one attached hydrogen (secondary N) is 1. The summed E-state index contributed by atoms with van der Waals surface area (Å²) in [6.07, 6.45) is 4.37. The maximum absolute atomic E-state index is 13.3. The average Bonchev–Trinajstić information content (AvgIpc) is 2.47. The number of nitrogens with zero attached hydrogens (tertiary/aromatic N) is 2. The van der Waals surface area contributed by atoms with Crippen LogP contribution in [0.2, 0.25) is 0 Å². The van der Waals surface area contributed by atoms with Gasteiger partial charge in [0.05, 0.1) is 0 Å². The summed E-state index contributed by atoms with van der Waals surface area (Å²) < 4.78 is 13.9. The Morgan fingerprint density at radius 2 is 2.05 bits per heavy atom. The molecule has 0 bridgehead atoms. The van der Waals surface area contributed by atoms with E-state index in [0.717, 1.165) is 36.5 Å². The Morgan fingerprint density at radius 3 is 2.81 bits per heavy atom. The second-order valence-corrected chi connectivity index (χ2v) is 6.04. The van der Waals surface area contributed by atoms with Crippen LogP contribution in [0.5, 0.6) is 0 Å². The molecule has 1 heterocycles. The number of aromatic nitrogens is 2. The van der Waals surface area contributed by atoms with Gasteiger partial charge in [-0.1, -0.05) is 0 Å². The standard InChI is InChI=1S/C16H17BrFN3/c1-2-19-15-12-5-3-4-6-14(12)20-16(21-15)11-8-7-10(18)9-13(11)17/h7-9H,2-6H2,1H3,(H,19,20,21). The molecule has 0 fully saturated rings. The molecule has 1 aromatic heterocycles. The van der Waals surface area contributed by atoms with E-state index in [1.54, 1.807) is 6.07 Å². The van der Waals surface area contributed by atoms with Crippen molar-refractivity contribution in [3.05, 3.63) is 39.7 Å². The molecule has 0 spiro atoms. The summed E-state index contributed by atoms with van der Waals surface area (Å²) >= 11 is 3.40. The number of hydrogen-bond acceptors (Lipinski definition) is 3. The minimum absolute atomic E-state index is 0.268. The van der Waals surface area contributed by atoms with Gasteiger partial charge >= 0.3 is 0 Å². The lowest BCUT2D eigenvalue weighted by Gasteiger charge is -2.19. The fourth-order valence-corrected chi connectivity index (χ4v) is 3.23. The van der Waals surface area contributed by atoms with Crippen LogP contribution in [0.4, 0.5) is 10.2 Å². The van der Waals surface area contributed by atoms with Gasteiger partial charge in [0.1, 0.15) is 11.6 Å². The van der Waals surface area contributed by atoms with Crippen LogP contribution in [-0.2, 0) is 12.8 Å². The summed E-state index contributed by atoms with van der Waals surface area (Å²) in [4.78, 5) is 9.38. The van der Waals surface area contributed by atoms with Crippen LogP contribution < -0.4 is 5.32 Å². The predicted molar refractivity (Wildman–Crippen MR) is 85.9 cm³/mol. The molecule has 0 atom stereocenters. The summed E-state index contributed by atoms with van der Waals surface area (Å²) in [5.41, 5.74) is 3.19. The molecule has 0 amide bonds. The van der Waals surface area contributed by atoms with Crippen LogP contribution in [0.25, 0.3) is 11.4 Å². The fourth-order valence-electron chi connectivity index (χ4n) is 2.70. The number of halogens is 2. The maximum Gasteiger partial charge on any atom is 0.162 e. The SMILES string of the molecule is CCNc1nc(-c2ccc(F)cc2Br)nc2c1CCCC2. The molecule has 3 rings (SSSR count). The van der Waals surface area contributed by atoms with Gasteiger partial charge in [0.15, 0.2) is 5.82 Å². The Kier molecular flexibility index (Phi) is 4.19. The molecule has 2 aromatic rings. The van der Waals surface area contributed by atoms with Crippen molar-refractivity contribution < 1.29 is 4.39 Å². The summed E-state index contributed by atoms with van der Waals surface area (Å²) in [6, 6.07) is 4.61. The van der Waals surface area contributed by atoms with Crippen LogP contribution in [0.1, 0.15) is 31.0 Å². The van der Waals surface area contributed by atoms with Gasteiger partial charge in [0.25, 0.3) is 0 Å². The maximum atomic E-state index is 13.3. The molecule has 21 heavy (non-hydrogen) atoms. The Hall–Kier alpha value is -1.49. The smallest absolute Gasteiger partial charge is 0.162 e. The van der Waals surface area contributed by atoms with E-state index >= 15 is 0 Å². The van der Waals surface area contributed by atoms with Gasteiger partial charge in [-0.3, -0.25) is 0 Å². The van der Waals surface area contributed by atoms with Crippen molar-refractivity contribution in [2.45, 2.75) is 32.6 Å². The molecule has 0 saturated carbocycles. The van der Waals surface area contributed by atoms with Gasteiger partial charge in [-0.25, -0.2) is 14.4 Å². The Balaban J connectivity index is 2.12. The van der Waals surface area contributed by atoms with E-state index in [9.17, 15) is 4.39 Å². The van der Waals surface area contributed by atoms with Crippen LogP contribution in [0.3, 0.4) is 0 Å². The highest BCUT2D eigenvalue weighted by Crippen LogP contribution is 2.31. The molecular weight excluding hydrogens is 333 g/mol. The summed E-state index contributed by atoms with van der Waals surface area (Å²) in [5, 5.41) is 3.34. The molecular formula is C16H17BrFN3. The first-order valence-electron chi connectivity index (χ1n) is 7.28. The van der Waals surface area contributed by atoms with E-state index in [2.05, 4.69) is 33.2 Å². The van der Waals surface area contributed by atoms with Crippen LogP contribution >= 0.6 is 15.9 Å². The van der Waals surface area contributed by atoms with E-state index in [1.807, 2.05) is 0 Å². The van der Waals surface area contributed by atoms with E-state index < -0.39 is 0 Å². The third kappa shape index (κ3) is 2.93. The van der Waals surface area contributed by atoms with E-state index in [0.29, 0.717) is 10.3 Å². The van der Waals surface area contributed by atoms with Gasteiger partial charge in [-0.15, -0.1) is 0 Å². The summed E-state index contributed by atoms with van der Waals surface area (Å²) in [7, 11) is 0. The lowest BCUT2D eigenvalue weighted by atomic mass is 9.96. The normalized spacial score (nSPS) is 13.9. The number of hydrogen-bond donors (Lipinski definition) is 1. The third-order valence-corrected chi connectivity index (χ3v) is 4.36. The van der Waals surface area contributed by atoms with Crippen LogP contribution in [0.15, 0.2) is 22.7 Å². The highest BCUT2D eigenvalue weighted by atomic mass is 79.9. The first kappa shape index (κ1) is 14.4. The summed E-state index contributed by atoms with van der Waals surface area (Å²) in [5.74, 6) is 1.31. The highest BCUT2D eigenvalue weighted by Gasteiger charge is 2.19. The van der Waals surface area contributed by atoms with Gasteiger partial charge in [0.2, 0.25) is 0 Å². The topological polar surface area (TPSA) is 37.8 Å². The molecule has 1 aromatic carbocycles. The highest BCUT2D eigenvalue weighted by molar-refractivity contribution is 9.10. The molecule has 3 nitrogen and oxygen atoms in total. The van der Waals surface area contributed by atoms with E-state index in [4.69, 9.17) is 4.98 Å². The molecule has 0 aliphatic heterocycles. The van der Waals surface area contributed by atoms with Gasteiger partial charge < -0.3 is 5.32 Å². The number of anilines is 1. The molecule has 0 unspecified atom stereocenters. The van der Waals surface area contributed by atoms with Crippen molar-refractivity contribution in [2.24, 2.45) is 0 Å². The van der Waals surface area contributed by atoms with Crippen molar-refractivity contribution in [2.75, 3.05) is 11.9 Å². The lowest BCUT2D eigenvalue weighted by molar-refractivity contribution is 0.627. The molecule has 5 heteroatoms. The lowest BCUT2D eigenvalue weighted by Crippen LogP contribution is -2.13. The second-order valence-electron chi connectivity index (χ2n) is 5.18. The summed E-state index contributed by atoms with van der Waals surface area (Å²) in [6.45, 7) is 2.89. The van der Waals surface area contributed by atoms with Crippen LogP contribution in [-0.4, -0.2) is 16.5 Å². The van der Waals surface area contributed by atoms with Gasteiger partial charge in [0, 0.05) is 27.8 Å². The number of rotatable bonds is 3. The average molecular weight is 350 g/mol. The quantitative estimate of drug-likeness (QED) is 0.894. The molecule has 1 N–H and O–H groups in total. The van der Waals surface area contributed by atoms with Gasteiger partial charge in [-0.05, 0) is 66.7 Å². The minimum atomic E-state index is -0.268. The Bertz CT molecular complexity index is 673. The first-order valence-corrected chi connectivity index (χ1v) is 8.07. The molecule has 1 aliphatic carbocycles. The Labute approximate surface area is 132 Å². The van der Waals surface area contributed by atoms with Crippen molar-refractivity contribution in [3.63, 3.8) is 0 Å².